The summed E-state index contributed by atoms with van der Waals surface area (Å²) in [6.45, 7) is 5.41. The molecule has 0 radical (unpaired) electrons. The summed E-state index contributed by atoms with van der Waals surface area (Å²) in [5.41, 5.74) is 1.17. The molecule has 0 amide bonds. The molecule has 3 nitrogen and oxygen atoms in total. The van der Waals surface area contributed by atoms with Gasteiger partial charge in [-0.1, -0.05) is 24.6 Å². The summed E-state index contributed by atoms with van der Waals surface area (Å²) in [6, 6.07) is 5.86. The van der Waals surface area contributed by atoms with E-state index < -0.39 is 0 Å². The van der Waals surface area contributed by atoms with Gasteiger partial charge in [0.2, 0.25) is 0 Å². The lowest BCUT2D eigenvalue weighted by molar-refractivity contribution is -0.0587. The molecule has 1 N–H and O–H groups in total. The van der Waals surface area contributed by atoms with Gasteiger partial charge < -0.3 is 14.8 Å². The van der Waals surface area contributed by atoms with Crippen molar-refractivity contribution in [2.45, 2.75) is 12.3 Å². The minimum atomic E-state index is 0.0271. The van der Waals surface area contributed by atoms with Crippen LogP contribution in [0.15, 0.2) is 18.2 Å². The molecule has 1 fully saturated rings. The molecule has 1 aliphatic rings. The second kappa shape index (κ2) is 5.25. The Morgan fingerprint density at radius 2 is 2.24 bits per heavy atom. The van der Waals surface area contributed by atoms with E-state index in [0.29, 0.717) is 0 Å². The highest BCUT2D eigenvalue weighted by atomic mass is 35.5. The van der Waals surface area contributed by atoms with Crippen molar-refractivity contribution in [3.63, 3.8) is 0 Å². The lowest BCUT2D eigenvalue weighted by Crippen LogP contribution is -2.53. The Kier molecular flexibility index (Phi) is 3.92. The SMILES string of the molecule is CCNCC1(c2ccc(OC)cc2Cl)COC1. The Morgan fingerprint density at radius 3 is 2.71 bits per heavy atom. The zero-order valence-electron chi connectivity index (χ0n) is 10.3. The number of hydrogen-bond donors (Lipinski definition) is 1. The van der Waals surface area contributed by atoms with Gasteiger partial charge in [0.15, 0.2) is 0 Å². The van der Waals surface area contributed by atoms with E-state index in [0.717, 1.165) is 42.6 Å². The molecule has 17 heavy (non-hydrogen) atoms. The quantitative estimate of drug-likeness (QED) is 0.875. The van der Waals surface area contributed by atoms with Crippen LogP contribution in [0.5, 0.6) is 5.75 Å². The fourth-order valence-corrected chi connectivity index (χ4v) is 2.49. The molecule has 2 rings (SSSR count). The highest BCUT2D eigenvalue weighted by Gasteiger charge is 2.41. The molecule has 0 aliphatic carbocycles. The fourth-order valence-electron chi connectivity index (χ4n) is 2.12. The number of likely N-dealkylation sites (N-methyl/N-ethyl adjacent to an activating group) is 1. The zero-order chi connectivity index (χ0) is 12.3. The van der Waals surface area contributed by atoms with Crippen LogP contribution < -0.4 is 10.1 Å². The molecule has 0 aromatic heterocycles. The Labute approximate surface area is 107 Å². The van der Waals surface area contributed by atoms with E-state index in [4.69, 9.17) is 21.1 Å². The standard InChI is InChI=1S/C13H18ClNO2/c1-3-15-7-13(8-17-9-13)11-5-4-10(16-2)6-12(11)14/h4-6,15H,3,7-9H2,1-2H3. The van der Waals surface area contributed by atoms with Crippen molar-refractivity contribution in [3.8, 4) is 5.75 Å². The van der Waals surface area contributed by atoms with Gasteiger partial charge in [-0.2, -0.15) is 0 Å². The topological polar surface area (TPSA) is 30.5 Å². The number of halogens is 1. The lowest BCUT2D eigenvalue weighted by atomic mass is 9.78. The van der Waals surface area contributed by atoms with Gasteiger partial charge in [0.1, 0.15) is 5.75 Å². The van der Waals surface area contributed by atoms with Crippen LogP contribution in [0.3, 0.4) is 0 Å². The van der Waals surface area contributed by atoms with Crippen molar-refractivity contribution in [2.24, 2.45) is 0 Å². The molecule has 1 aromatic carbocycles. The van der Waals surface area contributed by atoms with Crippen molar-refractivity contribution in [1.82, 2.24) is 5.32 Å². The normalized spacial score (nSPS) is 17.6. The molecule has 0 spiro atoms. The number of ether oxygens (including phenoxy) is 2. The third kappa shape index (κ3) is 2.41. The van der Waals surface area contributed by atoms with Gasteiger partial charge in [0.05, 0.1) is 25.7 Å². The van der Waals surface area contributed by atoms with E-state index in [2.05, 4.69) is 12.2 Å². The summed E-state index contributed by atoms with van der Waals surface area (Å²) >= 11 is 6.32. The maximum atomic E-state index is 6.32. The third-order valence-electron chi connectivity index (χ3n) is 3.22. The molecule has 1 aromatic rings. The Balaban J connectivity index is 2.24. The van der Waals surface area contributed by atoms with Crippen LogP contribution in [0, 0.1) is 0 Å². The van der Waals surface area contributed by atoms with Crippen LogP contribution >= 0.6 is 11.6 Å². The van der Waals surface area contributed by atoms with E-state index in [1.165, 1.54) is 0 Å². The van der Waals surface area contributed by atoms with Crippen molar-refractivity contribution in [1.29, 1.82) is 0 Å². The van der Waals surface area contributed by atoms with Gasteiger partial charge in [-0.05, 0) is 24.2 Å². The van der Waals surface area contributed by atoms with Gasteiger partial charge in [-0.15, -0.1) is 0 Å². The van der Waals surface area contributed by atoms with Gasteiger partial charge >= 0.3 is 0 Å². The molecular weight excluding hydrogens is 238 g/mol. The third-order valence-corrected chi connectivity index (χ3v) is 3.53. The minimum Gasteiger partial charge on any atom is -0.497 e. The molecule has 1 saturated heterocycles. The molecular formula is C13H18ClNO2. The number of hydrogen-bond acceptors (Lipinski definition) is 3. The monoisotopic (exact) mass is 255 g/mol. The molecule has 1 aliphatic heterocycles. The minimum absolute atomic E-state index is 0.0271. The van der Waals surface area contributed by atoms with E-state index in [1.54, 1.807) is 7.11 Å². The van der Waals surface area contributed by atoms with Crippen molar-refractivity contribution in [3.05, 3.63) is 28.8 Å². The first-order chi connectivity index (χ1) is 8.22. The van der Waals surface area contributed by atoms with E-state index in [9.17, 15) is 0 Å². The second-order valence-electron chi connectivity index (χ2n) is 4.40. The largest absolute Gasteiger partial charge is 0.497 e. The second-order valence-corrected chi connectivity index (χ2v) is 4.81. The van der Waals surface area contributed by atoms with Crippen LogP contribution in [0.2, 0.25) is 5.02 Å². The number of benzene rings is 1. The molecule has 0 saturated carbocycles. The molecule has 94 valence electrons. The van der Waals surface area contributed by atoms with Crippen LogP contribution in [0.25, 0.3) is 0 Å². The average Bonchev–Trinajstić information content (AvgIpc) is 2.29. The average molecular weight is 256 g/mol. The predicted octanol–water partition coefficient (Wildman–Crippen LogP) is 2.23. The molecule has 0 atom stereocenters. The maximum Gasteiger partial charge on any atom is 0.120 e. The van der Waals surface area contributed by atoms with Gasteiger partial charge in [-0.3, -0.25) is 0 Å². The molecule has 4 heteroatoms. The van der Waals surface area contributed by atoms with E-state index >= 15 is 0 Å². The number of methoxy groups -OCH3 is 1. The summed E-state index contributed by atoms with van der Waals surface area (Å²) in [5.74, 6) is 0.789. The van der Waals surface area contributed by atoms with Crippen LogP contribution in [0.1, 0.15) is 12.5 Å². The fraction of sp³-hybridized carbons (Fsp3) is 0.538. The first kappa shape index (κ1) is 12.7. The first-order valence-electron chi connectivity index (χ1n) is 5.84. The summed E-state index contributed by atoms with van der Waals surface area (Å²) in [7, 11) is 1.65. The zero-order valence-corrected chi connectivity index (χ0v) is 11.0. The smallest absolute Gasteiger partial charge is 0.120 e. The van der Waals surface area contributed by atoms with Crippen molar-refractivity contribution < 1.29 is 9.47 Å². The summed E-state index contributed by atoms with van der Waals surface area (Å²) in [4.78, 5) is 0. The first-order valence-corrected chi connectivity index (χ1v) is 6.22. The van der Waals surface area contributed by atoms with Crippen molar-refractivity contribution >= 4 is 11.6 Å². The van der Waals surface area contributed by atoms with Gasteiger partial charge in [-0.25, -0.2) is 0 Å². The maximum absolute atomic E-state index is 6.32. The highest BCUT2D eigenvalue weighted by Crippen LogP contribution is 2.37. The van der Waals surface area contributed by atoms with Crippen LogP contribution in [-0.4, -0.2) is 33.4 Å². The van der Waals surface area contributed by atoms with Gasteiger partial charge in [0.25, 0.3) is 0 Å². The van der Waals surface area contributed by atoms with E-state index in [-0.39, 0.29) is 5.41 Å². The Morgan fingerprint density at radius 1 is 1.47 bits per heavy atom. The Bertz CT molecular complexity index is 391. The highest BCUT2D eigenvalue weighted by molar-refractivity contribution is 6.31. The van der Waals surface area contributed by atoms with Crippen molar-refractivity contribution in [2.75, 3.05) is 33.4 Å². The van der Waals surface area contributed by atoms with Crippen LogP contribution in [-0.2, 0) is 10.2 Å². The predicted molar refractivity (Wildman–Crippen MR) is 69.0 cm³/mol. The summed E-state index contributed by atoms with van der Waals surface area (Å²) in [6.07, 6.45) is 0. The van der Waals surface area contributed by atoms with Gasteiger partial charge in [0, 0.05) is 11.6 Å². The molecule has 0 bridgehead atoms. The Hall–Kier alpha value is -0.770. The summed E-state index contributed by atoms with van der Waals surface area (Å²) in [5, 5.41) is 4.13. The summed E-state index contributed by atoms with van der Waals surface area (Å²) < 4.78 is 10.5. The number of nitrogens with one attached hydrogen (secondary N) is 1. The number of rotatable bonds is 5. The van der Waals surface area contributed by atoms with E-state index in [1.807, 2.05) is 18.2 Å². The molecule has 0 unspecified atom stereocenters. The van der Waals surface area contributed by atoms with Crippen LogP contribution in [0.4, 0.5) is 0 Å². The lowest BCUT2D eigenvalue weighted by Gasteiger charge is -2.42. The molecule has 1 heterocycles.